The third kappa shape index (κ3) is 4.78. The number of carboxylic acids is 1. The Morgan fingerprint density at radius 2 is 2.11 bits per heavy atom. The molecule has 0 atom stereocenters. The van der Waals surface area contributed by atoms with E-state index in [1.165, 1.54) is 18.5 Å². The van der Waals surface area contributed by atoms with Gasteiger partial charge in [-0.05, 0) is 11.4 Å². The molecule has 0 aromatic carbocycles. The molecule has 5 nitrogen and oxygen atoms in total. The zero-order chi connectivity index (χ0) is 14.6. The van der Waals surface area contributed by atoms with Crippen LogP contribution in [0.5, 0.6) is 0 Å². The highest BCUT2D eigenvalue weighted by Crippen LogP contribution is 2.24. The summed E-state index contributed by atoms with van der Waals surface area (Å²) in [6, 6.07) is 0.521. The maximum absolute atomic E-state index is 12.0. The van der Waals surface area contributed by atoms with E-state index < -0.39 is 31.1 Å². The van der Waals surface area contributed by atoms with Crippen LogP contribution in [-0.2, 0) is 0 Å². The van der Waals surface area contributed by atoms with Gasteiger partial charge in [-0.3, -0.25) is 5.32 Å². The van der Waals surface area contributed by atoms with Gasteiger partial charge < -0.3 is 10.0 Å². The Morgan fingerprint density at radius 3 is 2.63 bits per heavy atom. The van der Waals surface area contributed by atoms with E-state index in [1.807, 2.05) is 0 Å². The number of nitrogens with zero attached hydrogens (tertiary/aromatic N) is 1. The average molecular weight is 296 g/mol. The number of urea groups is 1. The van der Waals surface area contributed by atoms with Gasteiger partial charge >= 0.3 is 18.2 Å². The van der Waals surface area contributed by atoms with E-state index >= 15 is 0 Å². The molecule has 0 spiro atoms. The molecule has 0 aliphatic rings. The summed E-state index contributed by atoms with van der Waals surface area (Å²) in [7, 11) is 1.20. The topological polar surface area (TPSA) is 69.6 Å². The van der Waals surface area contributed by atoms with E-state index in [9.17, 15) is 22.8 Å². The lowest BCUT2D eigenvalue weighted by Gasteiger charge is -2.18. The summed E-state index contributed by atoms with van der Waals surface area (Å²) >= 11 is 0.986. The van der Waals surface area contributed by atoms with E-state index in [1.54, 1.807) is 0 Å². The maximum atomic E-state index is 12.0. The van der Waals surface area contributed by atoms with Crippen molar-refractivity contribution in [1.82, 2.24) is 4.90 Å². The van der Waals surface area contributed by atoms with Gasteiger partial charge in [0.15, 0.2) is 0 Å². The standard InChI is InChI=1S/C10H11F3N2O3S/c1-15(4-3-10(11,12)13)9(18)14-7-6(8(16)17)2-5-19-7/h2,5H,3-4H2,1H3,(H,14,18)(H,16,17). The number of carboxylic acid groups (broad SMARTS) is 1. The van der Waals surface area contributed by atoms with Crippen molar-refractivity contribution in [2.75, 3.05) is 18.9 Å². The predicted octanol–water partition coefficient (Wildman–Crippen LogP) is 2.86. The van der Waals surface area contributed by atoms with Crippen LogP contribution in [-0.4, -0.2) is 41.8 Å². The van der Waals surface area contributed by atoms with E-state index in [0.717, 1.165) is 16.2 Å². The van der Waals surface area contributed by atoms with E-state index in [0.29, 0.717) is 0 Å². The lowest BCUT2D eigenvalue weighted by Crippen LogP contribution is -2.34. The molecule has 0 fully saturated rings. The van der Waals surface area contributed by atoms with Gasteiger partial charge in [-0.2, -0.15) is 13.2 Å². The normalized spacial score (nSPS) is 11.2. The number of alkyl halides is 3. The molecule has 0 saturated carbocycles. The Bertz CT molecular complexity index is 473. The third-order valence-corrected chi connectivity index (χ3v) is 3.02. The summed E-state index contributed by atoms with van der Waals surface area (Å²) in [5, 5.41) is 12.6. The zero-order valence-electron chi connectivity index (χ0n) is 9.82. The number of anilines is 1. The molecule has 2 amide bonds. The van der Waals surface area contributed by atoms with E-state index in [4.69, 9.17) is 5.11 Å². The van der Waals surface area contributed by atoms with Gasteiger partial charge in [0.2, 0.25) is 0 Å². The van der Waals surface area contributed by atoms with E-state index in [-0.39, 0.29) is 10.6 Å². The first-order valence-electron chi connectivity index (χ1n) is 5.10. The molecule has 1 rings (SSSR count). The van der Waals surface area contributed by atoms with Crippen LogP contribution in [0.15, 0.2) is 11.4 Å². The van der Waals surface area contributed by atoms with Crippen molar-refractivity contribution in [3.8, 4) is 0 Å². The number of aromatic carboxylic acids is 1. The quantitative estimate of drug-likeness (QED) is 0.897. The molecule has 19 heavy (non-hydrogen) atoms. The molecule has 0 bridgehead atoms. The van der Waals surface area contributed by atoms with Crippen LogP contribution >= 0.6 is 11.3 Å². The number of thiophene rings is 1. The first-order valence-corrected chi connectivity index (χ1v) is 5.98. The Morgan fingerprint density at radius 1 is 1.47 bits per heavy atom. The Hall–Kier alpha value is -1.77. The highest BCUT2D eigenvalue weighted by Gasteiger charge is 2.28. The highest BCUT2D eigenvalue weighted by molar-refractivity contribution is 7.14. The van der Waals surface area contributed by atoms with Crippen molar-refractivity contribution >= 4 is 28.3 Å². The average Bonchev–Trinajstić information content (AvgIpc) is 2.72. The first-order chi connectivity index (χ1) is 8.70. The van der Waals surface area contributed by atoms with Crippen LogP contribution in [0.4, 0.5) is 23.0 Å². The zero-order valence-corrected chi connectivity index (χ0v) is 10.6. The van der Waals surface area contributed by atoms with Crippen molar-refractivity contribution in [2.24, 2.45) is 0 Å². The van der Waals surface area contributed by atoms with Crippen molar-refractivity contribution in [3.63, 3.8) is 0 Å². The van der Waals surface area contributed by atoms with Crippen LogP contribution in [0.3, 0.4) is 0 Å². The molecule has 0 aliphatic carbocycles. The fourth-order valence-corrected chi connectivity index (χ4v) is 1.93. The number of halogens is 3. The van der Waals surface area contributed by atoms with Crippen LogP contribution in [0.2, 0.25) is 0 Å². The second-order valence-corrected chi connectivity index (χ2v) is 4.60. The Labute approximate surface area is 110 Å². The van der Waals surface area contributed by atoms with Gasteiger partial charge in [0.25, 0.3) is 0 Å². The predicted molar refractivity (Wildman–Crippen MR) is 63.6 cm³/mol. The molecular formula is C10H11F3N2O3S. The van der Waals surface area contributed by atoms with Crippen LogP contribution < -0.4 is 5.32 Å². The SMILES string of the molecule is CN(CCC(F)(F)F)C(=O)Nc1sccc1C(=O)O. The molecule has 0 unspecified atom stereocenters. The summed E-state index contributed by atoms with van der Waals surface area (Å²) in [6.07, 6.45) is -5.46. The fraction of sp³-hybridized carbons (Fsp3) is 0.400. The number of amides is 2. The number of hydrogen-bond donors (Lipinski definition) is 2. The summed E-state index contributed by atoms with van der Waals surface area (Å²) in [5.74, 6) is -1.21. The number of carbonyl (C=O) groups excluding carboxylic acids is 1. The number of nitrogens with one attached hydrogen (secondary N) is 1. The Kier molecular flexibility index (Phi) is 4.76. The van der Waals surface area contributed by atoms with Gasteiger partial charge in [0, 0.05) is 13.6 Å². The van der Waals surface area contributed by atoms with Crippen molar-refractivity contribution < 1.29 is 27.9 Å². The summed E-state index contributed by atoms with van der Waals surface area (Å²) in [6.45, 7) is -0.497. The smallest absolute Gasteiger partial charge is 0.390 e. The van der Waals surface area contributed by atoms with Crippen LogP contribution in [0.25, 0.3) is 0 Å². The largest absolute Gasteiger partial charge is 0.478 e. The van der Waals surface area contributed by atoms with Crippen LogP contribution in [0.1, 0.15) is 16.8 Å². The van der Waals surface area contributed by atoms with Crippen molar-refractivity contribution in [1.29, 1.82) is 0 Å². The molecule has 2 N–H and O–H groups in total. The minimum Gasteiger partial charge on any atom is -0.478 e. The van der Waals surface area contributed by atoms with Crippen molar-refractivity contribution in [3.05, 3.63) is 17.0 Å². The van der Waals surface area contributed by atoms with Gasteiger partial charge in [0.1, 0.15) is 5.00 Å². The molecule has 1 aromatic rings. The Balaban J connectivity index is 2.59. The summed E-state index contributed by atoms with van der Waals surface area (Å²) in [5.41, 5.74) is -0.0948. The van der Waals surface area contributed by atoms with E-state index in [2.05, 4.69) is 5.32 Å². The second kappa shape index (κ2) is 5.91. The molecular weight excluding hydrogens is 285 g/mol. The van der Waals surface area contributed by atoms with Gasteiger partial charge in [0.05, 0.1) is 12.0 Å². The number of carbonyl (C=O) groups is 2. The summed E-state index contributed by atoms with van der Waals surface area (Å²) in [4.78, 5) is 23.2. The molecule has 106 valence electrons. The second-order valence-electron chi connectivity index (χ2n) is 3.69. The summed E-state index contributed by atoms with van der Waals surface area (Å²) < 4.78 is 36.0. The highest BCUT2D eigenvalue weighted by atomic mass is 32.1. The molecule has 0 aliphatic heterocycles. The minimum atomic E-state index is -4.34. The van der Waals surface area contributed by atoms with Gasteiger partial charge in [-0.1, -0.05) is 0 Å². The van der Waals surface area contributed by atoms with Crippen LogP contribution in [0, 0.1) is 0 Å². The molecule has 1 aromatic heterocycles. The first kappa shape index (κ1) is 15.3. The third-order valence-electron chi connectivity index (χ3n) is 2.19. The maximum Gasteiger partial charge on any atom is 0.390 e. The molecule has 1 heterocycles. The van der Waals surface area contributed by atoms with Gasteiger partial charge in [-0.25, -0.2) is 9.59 Å². The number of rotatable bonds is 4. The molecule has 0 radical (unpaired) electrons. The number of hydrogen-bond acceptors (Lipinski definition) is 3. The monoisotopic (exact) mass is 296 g/mol. The van der Waals surface area contributed by atoms with Crippen molar-refractivity contribution in [2.45, 2.75) is 12.6 Å². The molecule has 0 saturated heterocycles. The van der Waals surface area contributed by atoms with Gasteiger partial charge in [-0.15, -0.1) is 11.3 Å². The lowest BCUT2D eigenvalue weighted by molar-refractivity contribution is -0.135. The lowest BCUT2D eigenvalue weighted by atomic mass is 10.3. The molecule has 9 heteroatoms. The fourth-order valence-electron chi connectivity index (χ4n) is 1.16. The minimum absolute atomic E-state index is 0.0939.